The highest BCUT2D eigenvalue weighted by molar-refractivity contribution is 7.12. The quantitative estimate of drug-likeness (QED) is 0.907. The Morgan fingerprint density at radius 3 is 2.59 bits per heavy atom. The molecule has 17 heavy (non-hydrogen) atoms. The van der Waals surface area contributed by atoms with E-state index in [-0.39, 0.29) is 5.54 Å². The molecule has 0 amide bonds. The molecule has 90 valence electrons. The lowest BCUT2D eigenvalue weighted by Crippen LogP contribution is -2.43. The van der Waals surface area contributed by atoms with Crippen LogP contribution in [0.4, 0.5) is 0 Å². The average molecular weight is 265 g/mol. The van der Waals surface area contributed by atoms with Gasteiger partial charge in [-0.25, -0.2) is 9.97 Å². The summed E-state index contributed by atoms with van der Waals surface area (Å²) in [6, 6.07) is 0. The predicted octanol–water partition coefficient (Wildman–Crippen LogP) is 3.22. The van der Waals surface area contributed by atoms with Crippen LogP contribution in [0.3, 0.4) is 0 Å². The van der Waals surface area contributed by atoms with Crippen molar-refractivity contribution in [2.75, 3.05) is 0 Å². The van der Waals surface area contributed by atoms with Crippen LogP contribution >= 0.6 is 22.7 Å². The van der Waals surface area contributed by atoms with E-state index in [1.54, 1.807) is 22.7 Å². The van der Waals surface area contributed by atoms with Gasteiger partial charge in [-0.2, -0.15) is 0 Å². The molecule has 1 saturated carbocycles. The molecule has 1 fully saturated rings. The third-order valence-electron chi connectivity index (χ3n) is 3.32. The maximum atomic E-state index is 6.29. The Balaban J connectivity index is 1.97. The fraction of sp³-hybridized carbons (Fsp3) is 0.500. The number of aromatic nitrogens is 2. The number of thiazole rings is 2. The molecule has 2 heterocycles. The summed E-state index contributed by atoms with van der Waals surface area (Å²) in [5.74, 6) is 0. The van der Waals surface area contributed by atoms with Crippen molar-refractivity contribution in [3.8, 4) is 11.4 Å². The molecule has 2 N–H and O–H groups in total. The standard InChI is InChI=1S/C12H15N3S2/c1-7-10(14-8(2)17-7)9-6-16-11(15-9)12(13)4-3-5-12/h6H,3-5,13H2,1-2H3. The summed E-state index contributed by atoms with van der Waals surface area (Å²) in [7, 11) is 0. The first-order valence-electron chi connectivity index (χ1n) is 5.78. The Bertz CT molecular complexity index is 552. The maximum absolute atomic E-state index is 6.29. The molecule has 3 nitrogen and oxygen atoms in total. The summed E-state index contributed by atoms with van der Waals surface area (Å²) < 4.78 is 0. The smallest absolute Gasteiger partial charge is 0.113 e. The van der Waals surface area contributed by atoms with Crippen molar-refractivity contribution in [3.05, 3.63) is 20.3 Å². The van der Waals surface area contributed by atoms with Crippen molar-refractivity contribution < 1.29 is 0 Å². The third kappa shape index (κ3) is 1.82. The van der Waals surface area contributed by atoms with Crippen molar-refractivity contribution in [1.82, 2.24) is 9.97 Å². The summed E-state index contributed by atoms with van der Waals surface area (Å²) >= 11 is 3.40. The number of aryl methyl sites for hydroxylation is 2. The first-order valence-corrected chi connectivity index (χ1v) is 7.47. The molecular formula is C12H15N3S2. The van der Waals surface area contributed by atoms with Gasteiger partial charge < -0.3 is 5.73 Å². The lowest BCUT2D eigenvalue weighted by Gasteiger charge is -2.35. The van der Waals surface area contributed by atoms with Crippen LogP contribution in [0.1, 0.15) is 34.2 Å². The van der Waals surface area contributed by atoms with E-state index in [1.165, 1.54) is 11.3 Å². The number of rotatable bonds is 2. The van der Waals surface area contributed by atoms with Gasteiger partial charge in [-0.15, -0.1) is 22.7 Å². The van der Waals surface area contributed by atoms with E-state index >= 15 is 0 Å². The van der Waals surface area contributed by atoms with Gasteiger partial charge in [0, 0.05) is 10.3 Å². The minimum atomic E-state index is -0.151. The second-order valence-corrected chi connectivity index (χ2v) is 6.95. The van der Waals surface area contributed by atoms with Gasteiger partial charge in [0.05, 0.1) is 10.5 Å². The average Bonchev–Trinajstić information content (AvgIpc) is 2.81. The second kappa shape index (κ2) is 3.86. The van der Waals surface area contributed by atoms with Crippen LogP contribution in [0.5, 0.6) is 0 Å². The van der Waals surface area contributed by atoms with Crippen LogP contribution in [0.2, 0.25) is 0 Å². The molecule has 3 rings (SSSR count). The molecule has 2 aromatic rings. The van der Waals surface area contributed by atoms with E-state index in [0.717, 1.165) is 34.2 Å². The Labute approximate surface area is 109 Å². The number of hydrogen-bond donors (Lipinski definition) is 1. The van der Waals surface area contributed by atoms with Gasteiger partial charge in [-0.1, -0.05) is 0 Å². The van der Waals surface area contributed by atoms with Crippen molar-refractivity contribution >= 4 is 22.7 Å². The fourth-order valence-electron chi connectivity index (χ4n) is 2.15. The summed E-state index contributed by atoms with van der Waals surface area (Å²) in [4.78, 5) is 10.5. The molecule has 0 bridgehead atoms. The van der Waals surface area contributed by atoms with Gasteiger partial charge in [-0.05, 0) is 33.1 Å². The van der Waals surface area contributed by atoms with E-state index in [0.29, 0.717) is 0 Å². The predicted molar refractivity (Wildman–Crippen MR) is 72.4 cm³/mol. The highest BCUT2D eigenvalue weighted by Gasteiger charge is 2.37. The normalized spacial score (nSPS) is 18.1. The Morgan fingerprint density at radius 1 is 1.29 bits per heavy atom. The zero-order chi connectivity index (χ0) is 12.0. The van der Waals surface area contributed by atoms with Crippen LogP contribution in [-0.2, 0) is 5.54 Å². The Morgan fingerprint density at radius 2 is 2.06 bits per heavy atom. The van der Waals surface area contributed by atoms with Gasteiger partial charge >= 0.3 is 0 Å². The summed E-state index contributed by atoms with van der Waals surface area (Å²) in [6.45, 7) is 4.13. The van der Waals surface area contributed by atoms with Gasteiger partial charge in [0.25, 0.3) is 0 Å². The first-order chi connectivity index (χ1) is 8.08. The molecule has 0 radical (unpaired) electrons. The van der Waals surface area contributed by atoms with E-state index in [9.17, 15) is 0 Å². The largest absolute Gasteiger partial charge is 0.319 e. The van der Waals surface area contributed by atoms with Crippen LogP contribution < -0.4 is 5.73 Å². The molecule has 5 heteroatoms. The van der Waals surface area contributed by atoms with E-state index in [2.05, 4.69) is 22.3 Å². The maximum Gasteiger partial charge on any atom is 0.113 e. The van der Waals surface area contributed by atoms with Crippen LogP contribution in [0.25, 0.3) is 11.4 Å². The molecule has 1 aliphatic rings. The summed E-state index contributed by atoms with van der Waals surface area (Å²) in [5.41, 5.74) is 8.15. The van der Waals surface area contributed by atoms with Gasteiger partial charge in [0.2, 0.25) is 0 Å². The zero-order valence-corrected chi connectivity index (χ0v) is 11.6. The fourth-order valence-corrected chi connectivity index (χ4v) is 3.95. The lowest BCUT2D eigenvalue weighted by molar-refractivity contribution is 0.253. The minimum absolute atomic E-state index is 0.151. The Kier molecular flexibility index (Phi) is 2.57. The molecule has 0 atom stereocenters. The molecular weight excluding hydrogens is 250 g/mol. The molecule has 0 spiro atoms. The molecule has 0 aromatic carbocycles. The highest BCUT2D eigenvalue weighted by atomic mass is 32.1. The monoisotopic (exact) mass is 265 g/mol. The van der Waals surface area contributed by atoms with Crippen molar-refractivity contribution in [1.29, 1.82) is 0 Å². The molecule has 0 saturated heterocycles. The van der Waals surface area contributed by atoms with E-state index in [4.69, 9.17) is 5.73 Å². The van der Waals surface area contributed by atoms with Gasteiger partial charge in [-0.3, -0.25) is 0 Å². The van der Waals surface area contributed by atoms with Crippen molar-refractivity contribution in [3.63, 3.8) is 0 Å². The molecule has 2 aromatic heterocycles. The van der Waals surface area contributed by atoms with E-state index in [1.807, 2.05) is 6.92 Å². The number of nitrogens with two attached hydrogens (primary N) is 1. The van der Waals surface area contributed by atoms with Crippen molar-refractivity contribution in [2.24, 2.45) is 5.73 Å². The molecule has 0 unspecified atom stereocenters. The van der Waals surface area contributed by atoms with Gasteiger partial charge in [0.1, 0.15) is 16.4 Å². The molecule has 0 aliphatic heterocycles. The van der Waals surface area contributed by atoms with Crippen LogP contribution in [0, 0.1) is 13.8 Å². The van der Waals surface area contributed by atoms with Crippen LogP contribution in [-0.4, -0.2) is 9.97 Å². The van der Waals surface area contributed by atoms with Crippen LogP contribution in [0.15, 0.2) is 5.38 Å². The van der Waals surface area contributed by atoms with Gasteiger partial charge in [0.15, 0.2) is 0 Å². The number of hydrogen-bond acceptors (Lipinski definition) is 5. The zero-order valence-electron chi connectivity index (χ0n) is 9.99. The Hall–Kier alpha value is -0.780. The minimum Gasteiger partial charge on any atom is -0.319 e. The third-order valence-corrected chi connectivity index (χ3v) is 5.27. The second-order valence-electron chi connectivity index (χ2n) is 4.69. The SMILES string of the molecule is Cc1nc(-c2csc(C3(N)CCC3)n2)c(C)s1. The van der Waals surface area contributed by atoms with E-state index < -0.39 is 0 Å². The topological polar surface area (TPSA) is 51.8 Å². The lowest BCUT2D eigenvalue weighted by atomic mass is 9.78. The first kappa shape index (κ1) is 11.3. The highest BCUT2D eigenvalue weighted by Crippen LogP contribution is 2.41. The summed E-state index contributed by atoms with van der Waals surface area (Å²) in [6.07, 6.45) is 3.35. The van der Waals surface area contributed by atoms with Crippen molar-refractivity contribution in [2.45, 2.75) is 38.6 Å². The molecule has 1 aliphatic carbocycles. The number of nitrogens with zero attached hydrogens (tertiary/aromatic N) is 2. The summed E-state index contributed by atoms with van der Waals surface area (Å²) in [5, 5.41) is 4.26.